The lowest BCUT2D eigenvalue weighted by Gasteiger charge is -2.10. The topological polar surface area (TPSA) is 98.5 Å². The van der Waals surface area contributed by atoms with E-state index < -0.39 is 10.0 Å². The maximum absolute atomic E-state index is 12.0. The number of sulfonamides is 1. The van der Waals surface area contributed by atoms with Gasteiger partial charge in [0.15, 0.2) is 6.61 Å². The van der Waals surface area contributed by atoms with Gasteiger partial charge in [0.2, 0.25) is 10.0 Å². The molecule has 0 saturated carbocycles. The Kier molecular flexibility index (Phi) is 6.17. The van der Waals surface area contributed by atoms with Gasteiger partial charge in [-0.25, -0.2) is 13.6 Å². The van der Waals surface area contributed by atoms with E-state index in [1.54, 1.807) is 30.3 Å². The van der Waals surface area contributed by atoms with Crippen LogP contribution in [0.1, 0.15) is 30.9 Å². The first-order valence-corrected chi connectivity index (χ1v) is 9.56. The molecule has 0 aromatic heterocycles. The summed E-state index contributed by atoms with van der Waals surface area (Å²) in [5.41, 5.74) is 2.26. The van der Waals surface area contributed by atoms with Gasteiger partial charge < -0.3 is 10.1 Å². The van der Waals surface area contributed by atoms with Crippen LogP contribution >= 0.6 is 0 Å². The fourth-order valence-corrected chi connectivity index (χ4v) is 2.88. The largest absolute Gasteiger partial charge is 0.484 e. The molecule has 0 fully saturated rings. The Morgan fingerprint density at radius 3 is 2.44 bits per heavy atom. The zero-order valence-corrected chi connectivity index (χ0v) is 15.0. The predicted octanol–water partition coefficient (Wildman–Crippen LogP) is 2.62. The molecule has 2 aromatic rings. The molecule has 0 heterocycles. The predicted molar refractivity (Wildman–Crippen MR) is 97.9 cm³/mol. The molecule has 3 N–H and O–H groups in total. The lowest BCUT2D eigenvalue weighted by molar-refractivity contribution is -0.118. The van der Waals surface area contributed by atoms with Crippen molar-refractivity contribution in [2.75, 3.05) is 11.9 Å². The minimum Gasteiger partial charge on any atom is -0.484 e. The molecule has 0 radical (unpaired) electrons. The SMILES string of the molecule is CC(C)c1cccc(OCC(=O)Nc2ccc(CS(N)(=O)=O)cc2)c1. The zero-order chi connectivity index (χ0) is 18.4. The smallest absolute Gasteiger partial charge is 0.262 e. The molecule has 0 aliphatic rings. The fourth-order valence-electron chi connectivity index (χ4n) is 2.23. The van der Waals surface area contributed by atoms with Gasteiger partial charge in [-0.2, -0.15) is 0 Å². The highest BCUT2D eigenvalue weighted by Gasteiger charge is 2.07. The quantitative estimate of drug-likeness (QED) is 0.791. The van der Waals surface area contributed by atoms with E-state index in [4.69, 9.17) is 9.88 Å². The van der Waals surface area contributed by atoms with Crippen LogP contribution in [0.5, 0.6) is 5.75 Å². The Morgan fingerprint density at radius 1 is 1.16 bits per heavy atom. The molecule has 0 atom stereocenters. The number of benzene rings is 2. The van der Waals surface area contributed by atoms with Gasteiger partial charge in [-0.15, -0.1) is 0 Å². The maximum atomic E-state index is 12.0. The minimum atomic E-state index is -3.57. The number of anilines is 1. The van der Waals surface area contributed by atoms with Gasteiger partial charge in [-0.1, -0.05) is 38.1 Å². The third-order valence-corrected chi connectivity index (χ3v) is 4.24. The third kappa shape index (κ3) is 6.56. The molecular formula is C18H22N2O4S. The highest BCUT2D eigenvalue weighted by atomic mass is 32.2. The Bertz CT molecular complexity index is 830. The molecular weight excluding hydrogens is 340 g/mol. The summed E-state index contributed by atoms with van der Waals surface area (Å²) < 4.78 is 27.6. The highest BCUT2D eigenvalue weighted by molar-refractivity contribution is 7.88. The Hall–Kier alpha value is -2.38. The average Bonchev–Trinajstić information content (AvgIpc) is 2.54. The summed E-state index contributed by atoms with van der Waals surface area (Å²) in [6.45, 7) is 4.07. The molecule has 0 aliphatic carbocycles. The summed E-state index contributed by atoms with van der Waals surface area (Å²) in [7, 11) is -3.57. The number of nitrogens with two attached hydrogens (primary N) is 1. The average molecular weight is 362 g/mol. The molecule has 0 unspecified atom stereocenters. The number of rotatable bonds is 7. The number of primary sulfonamides is 1. The van der Waals surface area contributed by atoms with Crippen LogP contribution in [0.2, 0.25) is 0 Å². The molecule has 6 nitrogen and oxygen atoms in total. The van der Waals surface area contributed by atoms with Gasteiger partial charge in [0.05, 0.1) is 5.75 Å². The summed E-state index contributed by atoms with van der Waals surface area (Å²) in [5.74, 6) is 0.489. The summed E-state index contributed by atoms with van der Waals surface area (Å²) >= 11 is 0. The summed E-state index contributed by atoms with van der Waals surface area (Å²) in [4.78, 5) is 12.0. The number of amides is 1. The molecule has 2 aromatic carbocycles. The van der Waals surface area contributed by atoms with Crippen molar-refractivity contribution >= 4 is 21.6 Å². The third-order valence-electron chi connectivity index (χ3n) is 3.50. The van der Waals surface area contributed by atoms with Crippen LogP contribution in [-0.2, 0) is 20.6 Å². The fraction of sp³-hybridized carbons (Fsp3) is 0.278. The highest BCUT2D eigenvalue weighted by Crippen LogP contribution is 2.20. The van der Waals surface area contributed by atoms with Crippen molar-refractivity contribution in [3.63, 3.8) is 0 Å². The number of carbonyl (C=O) groups is 1. The van der Waals surface area contributed by atoms with Gasteiger partial charge in [0, 0.05) is 5.69 Å². The molecule has 0 spiro atoms. The number of hydrogen-bond acceptors (Lipinski definition) is 4. The van der Waals surface area contributed by atoms with Crippen molar-refractivity contribution in [2.45, 2.75) is 25.5 Å². The van der Waals surface area contributed by atoms with Gasteiger partial charge in [0.25, 0.3) is 5.91 Å². The standard InChI is InChI=1S/C18H22N2O4S/c1-13(2)15-4-3-5-17(10-15)24-11-18(21)20-16-8-6-14(7-9-16)12-25(19,22)23/h3-10,13H,11-12H2,1-2H3,(H,20,21)(H2,19,22,23). The van der Waals surface area contributed by atoms with E-state index in [1.165, 1.54) is 0 Å². The van der Waals surface area contributed by atoms with Crippen LogP contribution in [-0.4, -0.2) is 20.9 Å². The van der Waals surface area contributed by atoms with E-state index in [-0.39, 0.29) is 18.3 Å². The maximum Gasteiger partial charge on any atom is 0.262 e. The lowest BCUT2D eigenvalue weighted by atomic mass is 10.0. The number of carbonyl (C=O) groups excluding carboxylic acids is 1. The van der Waals surface area contributed by atoms with Crippen LogP contribution in [0.25, 0.3) is 0 Å². The van der Waals surface area contributed by atoms with Crippen molar-refractivity contribution in [3.05, 3.63) is 59.7 Å². The van der Waals surface area contributed by atoms with Gasteiger partial charge in [-0.3, -0.25) is 4.79 Å². The number of hydrogen-bond donors (Lipinski definition) is 2. The molecule has 1 amide bonds. The van der Waals surface area contributed by atoms with E-state index in [0.29, 0.717) is 22.9 Å². The summed E-state index contributed by atoms with van der Waals surface area (Å²) in [6.07, 6.45) is 0. The first-order valence-electron chi connectivity index (χ1n) is 7.85. The van der Waals surface area contributed by atoms with E-state index in [0.717, 1.165) is 5.56 Å². The van der Waals surface area contributed by atoms with Crippen LogP contribution in [0.15, 0.2) is 48.5 Å². The van der Waals surface area contributed by atoms with E-state index in [2.05, 4.69) is 19.2 Å². The van der Waals surface area contributed by atoms with Gasteiger partial charge in [0.1, 0.15) is 5.75 Å². The minimum absolute atomic E-state index is 0.111. The second-order valence-corrected chi connectivity index (χ2v) is 7.68. The first-order chi connectivity index (χ1) is 11.7. The van der Waals surface area contributed by atoms with Crippen molar-refractivity contribution in [1.82, 2.24) is 0 Å². The molecule has 25 heavy (non-hydrogen) atoms. The van der Waals surface area contributed by atoms with Crippen LogP contribution in [0, 0.1) is 0 Å². The molecule has 2 rings (SSSR count). The monoisotopic (exact) mass is 362 g/mol. The van der Waals surface area contributed by atoms with Crippen LogP contribution in [0.4, 0.5) is 5.69 Å². The second kappa shape index (κ2) is 8.13. The van der Waals surface area contributed by atoms with Crippen molar-refractivity contribution in [1.29, 1.82) is 0 Å². The Balaban J connectivity index is 1.89. The molecule has 134 valence electrons. The van der Waals surface area contributed by atoms with Crippen LogP contribution in [0.3, 0.4) is 0 Å². The van der Waals surface area contributed by atoms with Crippen molar-refractivity contribution < 1.29 is 17.9 Å². The molecule has 0 bridgehead atoms. The van der Waals surface area contributed by atoms with Crippen LogP contribution < -0.4 is 15.2 Å². The Labute approximate surface area is 148 Å². The van der Waals surface area contributed by atoms with Gasteiger partial charge >= 0.3 is 0 Å². The number of nitrogens with one attached hydrogen (secondary N) is 1. The number of ether oxygens (including phenoxy) is 1. The van der Waals surface area contributed by atoms with Crippen molar-refractivity contribution in [2.24, 2.45) is 5.14 Å². The first kappa shape index (κ1) is 19.0. The summed E-state index contributed by atoms with van der Waals surface area (Å²) in [6, 6.07) is 14.1. The van der Waals surface area contributed by atoms with Crippen molar-refractivity contribution in [3.8, 4) is 5.75 Å². The second-order valence-electron chi connectivity index (χ2n) is 6.07. The molecule has 7 heteroatoms. The van der Waals surface area contributed by atoms with Gasteiger partial charge in [-0.05, 0) is 41.3 Å². The molecule has 0 aliphatic heterocycles. The van der Waals surface area contributed by atoms with E-state index >= 15 is 0 Å². The van der Waals surface area contributed by atoms with E-state index in [1.807, 2.05) is 18.2 Å². The zero-order valence-electron chi connectivity index (χ0n) is 14.2. The normalized spacial score (nSPS) is 11.4. The summed E-state index contributed by atoms with van der Waals surface area (Å²) in [5, 5.41) is 7.69. The molecule has 0 saturated heterocycles. The lowest BCUT2D eigenvalue weighted by Crippen LogP contribution is -2.20. The van der Waals surface area contributed by atoms with E-state index in [9.17, 15) is 13.2 Å². The Morgan fingerprint density at radius 2 is 1.84 bits per heavy atom.